The molecule has 84 valence electrons. The number of hydrogen-bond acceptors (Lipinski definition) is 4. The van der Waals surface area contributed by atoms with Crippen LogP contribution in [-0.4, -0.2) is 16.5 Å². The molecular weight excluding hydrogens is 226 g/mol. The van der Waals surface area contributed by atoms with Crippen molar-refractivity contribution in [2.75, 3.05) is 11.9 Å². The molecule has 0 aromatic carbocycles. The summed E-state index contributed by atoms with van der Waals surface area (Å²) in [5, 5.41) is 3.45. The number of hydrogen-bond donors (Lipinski definition) is 1. The van der Waals surface area contributed by atoms with E-state index in [0.717, 1.165) is 30.1 Å². The van der Waals surface area contributed by atoms with Crippen LogP contribution in [0.4, 0.5) is 5.82 Å². The van der Waals surface area contributed by atoms with Gasteiger partial charge < -0.3 is 9.73 Å². The van der Waals surface area contributed by atoms with Crippen molar-refractivity contribution in [1.29, 1.82) is 0 Å². The quantitative estimate of drug-likeness (QED) is 0.831. The Balaban J connectivity index is 1.92. The molecule has 0 saturated carbocycles. The molecule has 4 nitrogen and oxygen atoms in total. The maximum Gasteiger partial charge on any atom is 0.224 e. The van der Waals surface area contributed by atoms with Crippen molar-refractivity contribution in [2.45, 2.75) is 13.3 Å². The molecule has 2 rings (SSSR count). The van der Waals surface area contributed by atoms with E-state index in [1.165, 1.54) is 0 Å². The second-order valence-corrected chi connectivity index (χ2v) is 3.76. The maximum atomic E-state index is 5.71. The third-order valence-electron chi connectivity index (χ3n) is 2.19. The lowest BCUT2D eigenvalue weighted by molar-refractivity contribution is 0.513. The van der Waals surface area contributed by atoms with E-state index < -0.39 is 0 Å². The number of nitrogens with one attached hydrogen (secondary N) is 1. The first kappa shape index (κ1) is 11.0. The zero-order valence-corrected chi connectivity index (χ0v) is 9.66. The van der Waals surface area contributed by atoms with Gasteiger partial charge in [0.2, 0.25) is 5.28 Å². The number of halogens is 1. The Labute approximate surface area is 98.7 Å². The highest BCUT2D eigenvalue weighted by molar-refractivity contribution is 6.28. The molecule has 0 aliphatic rings. The second-order valence-electron chi connectivity index (χ2n) is 3.43. The first-order valence-electron chi connectivity index (χ1n) is 5.01. The summed E-state index contributed by atoms with van der Waals surface area (Å²) in [7, 11) is 0. The molecule has 0 amide bonds. The van der Waals surface area contributed by atoms with Crippen molar-refractivity contribution in [3.63, 3.8) is 0 Å². The summed E-state index contributed by atoms with van der Waals surface area (Å²) in [5.41, 5.74) is 0.976. The highest BCUT2D eigenvalue weighted by Gasteiger charge is 2.02. The van der Waals surface area contributed by atoms with Crippen LogP contribution >= 0.6 is 11.6 Å². The fourth-order valence-electron chi connectivity index (χ4n) is 1.36. The van der Waals surface area contributed by atoms with E-state index >= 15 is 0 Å². The molecule has 0 aliphatic carbocycles. The Bertz CT molecular complexity index is 456. The van der Waals surface area contributed by atoms with Crippen LogP contribution in [0.15, 0.2) is 29.0 Å². The van der Waals surface area contributed by atoms with Crippen molar-refractivity contribution in [2.24, 2.45) is 0 Å². The Morgan fingerprint density at radius 1 is 1.50 bits per heavy atom. The van der Waals surface area contributed by atoms with Gasteiger partial charge in [-0.1, -0.05) is 0 Å². The second kappa shape index (κ2) is 4.99. The van der Waals surface area contributed by atoms with Crippen molar-refractivity contribution in [3.05, 3.63) is 41.2 Å². The standard InChI is InChI=1S/C11H12ClN3O/c1-8-7-14-11(12)15-10(8)13-5-4-9-3-2-6-16-9/h2-3,6-7H,4-5H2,1H3,(H,13,14,15). The van der Waals surface area contributed by atoms with Crippen LogP contribution in [0.25, 0.3) is 0 Å². The summed E-state index contributed by atoms with van der Waals surface area (Å²) in [5.74, 6) is 1.72. The van der Waals surface area contributed by atoms with Crippen molar-refractivity contribution in [3.8, 4) is 0 Å². The Morgan fingerprint density at radius 2 is 2.38 bits per heavy atom. The van der Waals surface area contributed by atoms with Gasteiger partial charge in [-0.2, -0.15) is 0 Å². The normalized spacial score (nSPS) is 10.4. The topological polar surface area (TPSA) is 51.0 Å². The number of aryl methyl sites for hydroxylation is 1. The third kappa shape index (κ3) is 2.73. The molecule has 0 aliphatic heterocycles. The fourth-order valence-corrected chi connectivity index (χ4v) is 1.49. The average Bonchev–Trinajstić information content (AvgIpc) is 2.76. The van der Waals surface area contributed by atoms with Crippen molar-refractivity contribution >= 4 is 17.4 Å². The minimum absolute atomic E-state index is 0.256. The summed E-state index contributed by atoms with van der Waals surface area (Å²) < 4.78 is 5.23. The van der Waals surface area contributed by atoms with Gasteiger partial charge in [-0.25, -0.2) is 9.97 Å². The van der Waals surface area contributed by atoms with Gasteiger partial charge in [-0.3, -0.25) is 0 Å². The predicted octanol–water partition coefficient (Wildman–Crippen LogP) is 2.69. The molecule has 0 bridgehead atoms. The van der Waals surface area contributed by atoms with Crippen LogP contribution in [0.3, 0.4) is 0 Å². The average molecular weight is 238 g/mol. The molecule has 0 fully saturated rings. The summed E-state index contributed by atoms with van der Waals surface area (Å²) in [6.45, 7) is 2.69. The molecule has 1 N–H and O–H groups in total. The van der Waals surface area contributed by atoms with Gasteiger partial charge in [0.05, 0.1) is 6.26 Å². The predicted molar refractivity (Wildman–Crippen MR) is 62.7 cm³/mol. The smallest absolute Gasteiger partial charge is 0.224 e. The number of nitrogens with zero attached hydrogens (tertiary/aromatic N) is 2. The highest BCUT2D eigenvalue weighted by atomic mass is 35.5. The van der Waals surface area contributed by atoms with Crippen LogP contribution in [0.5, 0.6) is 0 Å². The number of furan rings is 1. The number of anilines is 1. The first-order chi connectivity index (χ1) is 7.75. The molecule has 0 atom stereocenters. The monoisotopic (exact) mass is 237 g/mol. The van der Waals surface area contributed by atoms with E-state index in [0.29, 0.717) is 0 Å². The summed E-state index contributed by atoms with van der Waals surface area (Å²) >= 11 is 5.71. The van der Waals surface area contributed by atoms with Gasteiger partial charge in [0.1, 0.15) is 11.6 Å². The van der Waals surface area contributed by atoms with E-state index in [-0.39, 0.29) is 5.28 Å². The van der Waals surface area contributed by atoms with Crippen LogP contribution in [0, 0.1) is 6.92 Å². The van der Waals surface area contributed by atoms with Gasteiger partial charge >= 0.3 is 0 Å². The Morgan fingerprint density at radius 3 is 3.12 bits per heavy atom. The minimum atomic E-state index is 0.256. The first-order valence-corrected chi connectivity index (χ1v) is 5.39. The van der Waals surface area contributed by atoms with E-state index in [1.807, 2.05) is 19.1 Å². The Kier molecular flexibility index (Phi) is 3.41. The van der Waals surface area contributed by atoms with Gasteiger partial charge in [-0.15, -0.1) is 0 Å². The Hall–Kier alpha value is -1.55. The van der Waals surface area contributed by atoms with E-state index in [2.05, 4.69) is 15.3 Å². The number of aromatic nitrogens is 2. The summed E-state index contributed by atoms with van der Waals surface area (Å²) in [6.07, 6.45) is 4.18. The zero-order valence-electron chi connectivity index (χ0n) is 8.90. The molecule has 16 heavy (non-hydrogen) atoms. The SMILES string of the molecule is Cc1cnc(Cl)nc1NCCc1ccco1. The summed E-state index contributed by atoms with van der Waals surface area (Å²) in [6, 6.07) is 3.82. The highest BCUT2D eigenvalue weighted by Crippen LogP contribution is 2.12. The lowest BCUT2D eigenvalue weighted by Gasteiger charge is -2.06. The van der Waals surface area contributed by atoms with Gasteiger partial charge in [0.15, 0.2) is 0 Å². The molecular formula is C11H12ClN3O. The number of rotatable bonds is 4. The minimum Gasteiger partial charge on any atom is -0.469 e. The van der Waals surface area contributed by atoms with Gasteiger partial charge in [0.25, 0.3) is 0 Å². The van der Waals surface area contributed by atoms with Gasteiger partial charge in [0, 0.05) is 24.7 Å². The van der Waals surface area contributed by atoms with E-state index in [4.69, 9.17) is 16.0 Å². The zero-order chi connectivity index (χ0) is 11.4. The molecule has 2 aromatic heterocycles. The molecule has 2 aromatic rings. The van der Waals surface area contributed by atoms with Crippen LogP contribution < -0.4 is 5.32 Å². The van der Waals surface area contributed by atoms with Crippen LogP contribution in [0.1, 0.15) is 11.3 Å². The van der Waals surface area contributed by atoms with Crippen LogP contribution in [-0.2, 0) is 6.42 Å². The molecule has 0 saturated heterocycles. The lowest BCUT2D eigenvalue weighted by atomic mass is 10.3. The molecule has 0 spiro atoms. The van der Waals surface area contributed by atoms with Crippen molar-refractivity contribution < 1.29 is 4.42 Å². The molecule has 5 heteroatoms. The maximum absolute atomic E-state index is 5.71. The third-order valence-corrected chi connectivity index (χ3v) is 2.37. The van der Waals surface area contributed by atoms with Gasteiger partial charge in [-0.05, 0) is 30.7 Å². The largest absolute Gasteiger partial charge is 0.469 e. The molecule has 0 radical (unpaired) electrons. The van der Waals surface area contributed by atoms with E-state index in [1.54, 1.807) is 12.5 Å². The molecule has 0 unspecified atom stereocenters. The van der Waals surface area contributed by atoms with Crippen LogP contribution in [0.2, 0.25) is 5.28 Å². The van der Waals surface area contributed by atoms with Crippen molar-refractivity contribution in [1.82, 2.24) is 9.97 Å². The lowest BCUT2D eigenvalue weighted by Crippen LogP contribution is -2.07. The molecule has 2 heterocycles. The van der Waals surface area contributed by atoms with E-state index in [9.17, 15) is 0 Å². The summed E-state index contributed by atoms with van der Waals surface area (Å²) in [4.78, 5) is 8.00. The fraction of sp³-hybridized carbons (Fsp3) is 0.273.